The van der Waals surface area contributed by atoms with Gasteiger partial charge in [0.05, 0.1) is 17.2 Å². The number of carbonyl (C=O) groups excluding carboxylic acids is 1. The number of anilines is 1. The Hall–Kier alpha value is -3.41. The SMILES string of the molecule is Cc1ccc2nccc(N3CCC(C(=O)NCCCn4ncc5ccccc54)CC3)c2c1. The molecule has 1 saturated heterocycles. The number of amides is 1. The van der Waals surface area contributed by atoms with Crippen molar-refractivity contribution in [3.05, 3.63) is 66.5 Å². The van der Waals surface area contributed by atoms with Crippen molar-refractivity contribution < 1.29 is 4.79 Å². The molecule has 5 rings (SSSR count). The van der Waals surface area contributed by atoms with Gasteiger partial charge in [-0.05, 0) is 50.5 Å². The normalized spacial score (nSPS) is 14.8. The Balaban J connectivity index is 1.12. The van der Waals surface area contributed by atoms with Crippen molar-refractivity contribution in [3.8, 4) is 0 Å². The Kier molecular flexibility index (Phi) is 5.75. The average molecular weight is 428 g/mol. The predicted molar refractivity (Wildman–Crippen MR) is 129 cm³/mol. The Morgan fingerprint density at radius 3 is 2.84 bits per heavy atom. The summed E-state index contributed by atoms with van der Waals surface area (Å²) in [5.74, 6) is 0.275. The van der Waals surface area contributed by atoms with Crippen molar-refractivity contribution >= 4 is 33.4 Å². The highest BCUT2D eigenvalue weighted by atomic mass is 16.1. The lowest BCUT2D eigenvalue weighted by Gasteiger charge is -2.33. The van der Waals surface area contributed by atoms with E-state index in [4.69, 9.17) is 0 Å². The van der Waals surface area contributed by atoms with Gasteiger partial charge in [-0.1, -0.05) is 29.8 Å². The smallest absolute Gasteiger partial charge is 0.223 e. The van der Waals surface area contributed by atoms with E-state index in [2.05, 4.69) is 63.6 Å². The predicted octanol–water partition coefficient (Wildman–Crippen LogP) is 4.32. The molecule has 1 fully saturated rings. The van der Waals surface area contributed by atoms with Crippen LogP contribution in [0, 0.1) is 12.8 Å². The van der Waals surface area contributed by atoms with Gasteiger partial charge in [-0.15, -0.1) is 0 Å². The fourth-order valence-electron chi connectivity index (χ4n) is 4.69. The van der Waals surface area contributed by atoms with Gasteiger partial charge < -0.3 is 10.2 Å². The average Bonchev–Trinajstić information content (AvgIpc) is 3.24. The topological polar surface area (TPSA) is 63.1 Å². The van der Waals surface area contributed by atoms with Gasteiger partial charge in [-0.2, -0.15) is 5.10 Å². The summed E-state index contributed by atoms with van der Waals surface area (Å²) in [5.41, 5.74) is 4.64. The van der Waals surface area contributed by atoms with Gasteiger partial charge in [0.1, 0.15) is 0 Å². The van der Waals surface area contributed by atoms with E-state index in [1.807, 2.05) is 29.2 Å². The molecule has 32 heavy (non-hydrogen) atoms. The van der Waals surface area contributed by atoms with Crippen LogP contribution < -0.4 is 10.2 Å². The molecule has 0 spiro atoms. The lowest BCUT2D eigenvalue weighted by Crippen LogP contribution is -2.41. The third kappa shape index (κ3) is 4.17. The molecule has 6 heteroatoms. The molecule has 1 amide bonds. The van der Waals surface area contributed by atoms with Crippen molar-refractivity contribution in [3.63, 3.8) is 0 Å². The molecule has 1 aliphatic rings. The first-order valence-corrected chi connectivity index (χ1v) is 11.5. The number of para-hydroxylation sites is 1. The van der Waals surface area contributed by atoms with Gasteiger partial charge in [0, 0.05) is 54.8 Å². The zero-order chi connectivity index (χ0) is 21.9. The Labute approximate surface area is 188 Å². The molecule has 6 nitrogen and oxygen atoms in total. The number of piperidine rings is 1. The minimum Gasteiger partial charge on any atom is -0.371 e. The minimum absolute atomic E-state index is 0.0895. The Morgan fingerprint density at radius 1 is 1.12 bits per heavy atom. The summed E-state index contributed by atoms with van der Waals surface area (Å²) in [6, 6.07) is 16.7. The van der Waals surface area contributed by atoms with Gasteiger partial charge in [-0.3, -0.25) is 14.5 Å². The van der Waals surface area contributed by atoms with Crippen LogP contribution in [0.4, 0.5) is 5.69 Å². The zero-order valence-corrected chi connectivity index (χ0v) is 18.5. The number of fused-ring (bicyclic) bond motifs is 2. The standard InChI is InChI=1S/C26H29N5O/c1-19-7-8-23-22(17-19)25(9-13-27-23)30-15-10-20(11-16-30)26(32)28-12-4-14-31-24-6-3-2-5-21(24)18-29-31/h2-3,5-9,13,17-18,20H,4,10-12,14-16H2,1H3,(H,28,32). The van der Waals surface area contributed by atoms with Crippen LogP contribution in [0.2, 0.25) is 0 Å². The number of nitrogens with zero attached hydrogens (tertiary/aromatic N) is 4. The number of rotatable bonds is 6. The van der Waals surface area contributed by atoms with Gasteiger partial charge >= 0.3 is 0 Å². The van der Waals surface area contributed by atoms with Gasteiger partial charge in [0.15, 0.2) is 0 Å². The van der Waals surface area contributed by atoms with Crippen LogP contribution in [0.1, 0.15) is 24.8 Å². The third-order valence-electron chi connectivity index (χ3n) is 6.48. The number of hydrogen-bond acceptors (Lipinski definition) is 4. The van der Waals surface area contributed by atoms with Crippen molar-refractivity contribution in [2.75, 3.05) is 24.5 Å². The molecule has 164 valence electrons. The van der Waals surface area contributed by atoms with Crippen LogP contribution in [0.3, 0.4) is 0 Å². The second kappa shape index (κ2) is 8.99. The number of hydrogen-bond donors (Lipinski definition) is 1. The zero-order valence-electron chi connectivity index (χ0n) is 18.5. The lowest BCUT2D eigenvalue weighted by molar-refractivity contribution is -0.125. The van der Waals surface area contributed by atoms with E-state index in [1.54, 1.807) is 0 Å². The second-order valence-electron chi connectivity index (χ2n) is 8.68. The maximum atomic E-state index is 12.7. The molecule has 4 aromatic rings. The van der Waals surface area contributed by atoms with E-state index in [-0.39, 0.29) is 11.8 Å². The Bertz CT molecular complexity index is 1240. The molecule has 0 atom stereocenters. The number of aromatic nitrogens is 3. The highest BCUT2D eigenvalue weighted by Gasteiger charge is 2.25. The molecule has 3 heterocycles. The maximum absolute atomic E-state index is 12.7. The molecule has 2 aromatic heterocycles. The largest absolute Gasteiger partial charge is 0.371 e. The number of nitrogens with one attached hydrogen (secondary N) is 1. The summed E-state index contributed by atoms with van der Waals surface area (Å²) in [4.78, 5) is 19.6. The van der Waals surface area contributed by atoms with Crippen molar-refractivity contribution in [2.45, 2.75) is 32.7 Å². The Morgan fingerprint density at radius 2 is 1.97 bits per heavy atom. The fourth-order valence-corrected chi connectivity index (χ4v) is 4.69. The number of benzene rings is 2. The van der Waals surface area contributed by atoms with Crippen molar-refractivity contribution in [1.82, 2.24) is 20.1 Å². The van der Waals surface area contributed by atoms with Crippen LogP contribution in [0.25, 0.3) is 21.8 Å². The molecular weight excluding hydrogens is 398 g/mol. The van der Waals surface area contributed by atoms with E-state index in [0.29, 0.717) is 6.54 Å². The van der Waals surface area contributed by atoms with Gasteiger partial charge in [0.25, 0.3) is 0 Å². The first-order chi connectivity index (χ1) is 15.7. The van der Waals surface area contributed by atoms with Crippen LogP contribution in [0.5, 0.6) is 0 Å². The fraction of sp³-hybridized carbons (Fsp3) is 0.346. The van der Waals surface area contributed by atoms with Crippen LogP contribution in [0.15, 0.2) is 60.9 Å². The highest BCUT2D eigenvalue weighted by Crippen LogP contribution is 2.30. The quantitative estimate of drug-likeness (QED) is 0.466. The summed E-state index contributed by atoms with van der Waals surface area (Å²) >= 11 is 0. The molecule has 0 unspecified atom stereocenters. The third-order valence-corrected chi connectivity index (χ3v) is 6.48. The van der Waals surface area contributed by atoms with E-state index in [9.17, 15) is 4.79 Å². The summed E-state index contributed by atoms with van der Waals surface area (Å²) < 4.78 is 2.01. The van der Waals surface area contributed by atoms with Gasteiger partial charge in [-0.25, -0.2) is 0 Å². The van der Waals surface area contributed by atoms with Crippen LogP contribution in [-0.4, -0.2) is 40.3 Å². The minimum atomic E-state index is 0.0895. The molecule has 0 bridgehead atoms. The molecule has 0 aliphatic carbocycles. The number of pyridine rings is 1. The van der Waals surface area contributed by atoms with E-state index in [1.165, 1.54) is 16.6 Å². The number of aryl methyl sites for hydroxylation is 2. The molecular formula is C26H29N5O. The molecule has 1 aliphatic heterocycles. The van der Waals surface area contributed by atoms with Crippen LogP contribution >= 0.6 is 0 Å². The molecule has 0 radical (unpaired) electrons. The number of carbonyl (C=O) groups is 1. The highest BCUT2D eigenvalue weighted by molar-refractivity contribution is 5.92. The second-order valence-corrected chi connectivity index (χ2v) is 8.68. The van der Waals surface area contributed by atoms with Gasteiger partial charge in [0.2, 0.25) is 5.91 Å². The van der Waals surface area contributed by atoms with Crippen LogP contribution in [-0.2, 0) is 11.3 Å². The first-order valence-electron chi connectivity index (χ1n) is 11.5. The summed E-state index contributed by atoms with van der Waals surface area (Å²) in [7, 11) is 0. The summed E-state index contributed by atoms with van der Waals surface area (Å²) in [5, 5.41) is 9.95. The summed E-state index contributed by atoms with van der Waals surface area (Å²) in [6.45, 7) is 5.39. The molecule has 0 saturated carbocycles. The first kappa shape index (κ1) is 20.5. The van der Waals surface area contributed by atoms with Crippen molar-refractivity contribution in [2.24, 2.45) is 5.92 Å². The summed E-state index contributed by atoms with van der Waals surface area (Å²) in [6.07, 6.45) is 6.42. The molecule has 1 N–H and O–H groups in total. The molecule has 2 aromatic carbocycles. The monoisotopic (exact) mass is 427 g/mol. The van der Waals surface area contributed by atoms with Crippen molar-refractivity contribution in [1.29, 1.82) is 0 Å². The van der Waals surface area contributed by atoms with E-state index >= 15 is 0 Å². The lowest BCUT2D eigenvalue weighted by atomic mass is 9.95. The van der Waals surface area contributed by atoms with E-state index < -0.39 is 0 Å². The van der Waals surface area contributed by atoms with E-state index in [0.717, 1.165) is 55.3 Å². The maximum Gasteiger partial charge on any atom is 0.223 e.